The second kappa shape index (κ2) is 4.53. The molecule has 2 heterocycles. The van der Waals surface area contributed by atoms with E-state index in [9.17, 15) is 0 Å². The summed E-state index contributed by atoms with van der Waals surface area (Å²) in [5.74, 6) is 1.63. The summed E-state index contributed by atoms with van der Waals surface area (Å²) in [4.78, 5) is 4.47. The fraction of sp³-hybridized carbons (Fsp3) is 0.583. The van der Waals surface area contributed by atoms with Gasteiger partial charge in [-0.05, 0) is 19.3 Å². The Morgan fingerprint density at radius 1 is 1.44 bits per heavy atom. The van der Waals surface area contributed by atoms with Crippen molar-refractivity contribution in [3.8, 4) is 11.4 Å². The molecule has 0 saturated heterocycles. The maximum absolute atomic E-state index is 5.98. The highest BCUT2D eigenvalue weighted by atomic mass is 16.5. The fourth-order valence-electron chi connectivity index (χ4n) is 2.51. The fourth-order valence-corrected chi connectivity index (χ4v) is 2.51. The van der Waals surface area contributed by atoms with Gasteiger partial charge in [-0.25, -0.2) is 0 Å². The summed E-state index contributed by atoms with van der Waals surface area (Å²) in [6.45, 7) is 0. The number of aryl methyl sites for hydroxylation is 1. The first-order chi connectivity index (χ1) is 8.72. The van der Waals surface area contributed by atoms with E-state index in [0.717, 1.165) is 31.2 Å². The lowest BCUT2D eigenvalue weighted by Crippen LogP contribution is -2.26. The van der Waals surface area contributed by atoms with E-state index in [0.29, 0.717) is 17.6 Å². The molecule has 96 valence electrons. The standard InChI is InChI=1S/C12H17N5O/c1-17-7-9(6-14-17)11-15-12(18-16-11)8-3-2-4-10(13)5-8/h6-8,10H,2-5,13H2,1H3. The van der Waals surface area contributed by atoms with Crippen LogP contribution in [0.2, 0.25) is 0 Å². The molecule has 1 fully saturated rings. The number of hydrogen-bond donors (Lipinski definition) is 1. The largest absolute Gasteiger partial charge is 0.339 e. The van der Waals surface area contributed by atoms with Crippen LogP contribution < -0.4 is 5.73 Å². The smallest absolute Gasteiger partial charge is 0.230 e. The van der Waals surface area contributed by atoms with Crippen molar-refractivity contribution in [3.63, 3.8) is 0 Å². The topological polar surface area (TPSA) is 82.8 Å². The molecule has 18 heavy (non-hydrogen) atoms. The molecule has 6 heteroatoms. The number of nitrogens with zero attached hydrogens (tertiary/aromatic N) is 4. The summed E-state index contributed by atoms with van der Waals surface area (Å²) in [5, 5.41) is 8.12. The number of rotatable bonds is 2. The monoisotopic (exact) mass is 247 g/mol. The van der Waals surface area contributed by atoms with Crippen LogP contribution in [0.25, 0.3) is 11.4 Å². The van der Waals surface area contributed by atoms with E-state index in [4.69, 9.17) is 10.3 Å². The molecule has 3 rings (SSSR count). The molecule has 1 aliphatic carbocycles. The van der Waals surface area contributed by atoms with Crippen molar-refractivity contribution in [3.05, 3.63) is 18.3 Å². The molecule has 0 aliphatic heterocycles. The predicted octanol–water partition coefficient (Wildman–Crippen LogP) is 1.46. The van der Waals surface area contributed by atoms with Crippen LogP contribution in [0.5, 0.6) is 0 Å². The van der Waals surface area contributed by atoms with E-state index in [-0.39, 0.29) is 6.04 Å². The third-order valence-electron chi connectivity index (χ3n) is 3.47. The van der Waals surface area contributed by atoms with Gasteiger partial charge >= 0.3 is 0 Å². The van der Waals surface area contributed by atoms with Gasteiger partial charge in [0.1, 0.15) is 0 Å². The molecule has 6 nitrogen and oxygen atoms in total. The summed E-state index contributed by atoms with van der Waals surface area (Å²) in [6, 6.07) is 0.262. The van der Waals surface area contributed by atoms with Gasteiger partial charge in [0.25, 0.3) is 0 Å². The zero-order valence-corrected chi connectivity index (χ0v) is 10.4. The van der Waals surface area contributed by atoms with E-state index in [1.807, 2.05) is 13.2 Å². The quantitative estimate of drug-likeness (QED) is 0.868. The Morgan fingerprint density at radius 3 is 3.06 bits per heavy atom. The summed E-state index contributed by atoms with van der Waals surface area (Å²) in [7, 11) is 1.87. The van der Waals surface area contributed by atoms with Crippen LogP contribution in [0, 0.1) is 0 Å². The van der Waals surface area contributed by atoms with Crippen LogP contribution in [-0.2, 0) is 7.05 Å². The maximum atomic E-state index is 5.98. The van der Waals surface area contributed by atoms with E-state index < -0.39 is 0 Å². The van der Waals surface area contributed by atoms with Crippen molar-refractivity contribution in [1.82, 2.24) is 19.9 Å². The van der Waals surface area contributed by atoms with Crippen LogP contribution in [0.3, 0.4) is 0 Å². The van der Waals surface area contributed by atoms with Crippen molar-refractivity contribution >= 4 is 0 Å². The Kier molecular flexibility index (Phi) is 2.87. The molecular formula is C12H17N5O. The predicted molar refractivity (Wildman–Crippen MR) is 65.7 cm³/mol. The third kappa shape index (κ3) is 2.15. The molecule has 1 saturated carbocycles. The normalized spacial score (nSPS) is 24.3. The Bertz CT molecular complexity index is 532. The van der Waals surface area contributed by atoms with Crippen molar-refractivity contribution in [2.75, 3.05) is 0 Å². The second-order valence-corrected chi connectivity index (χ2v) is 4.98. The summed E-state index contributed by atoms with van der Waals surface area (Å²) < 4.78 is 7.09. The molecule has 0 aromatic carbocycles. The van der Waals surface area contributed by atoms with Gasteiger partial charge in [0.2, 0.25) is 11.7 Å². The zero-order chi connectivity index (χ0) is 12.5. The van der Waals surface area contributed by atoms with E-state index >= 15 is 0 Å². The third-order valence-corrected chi connectivity index (χ3v) is 3.47. The lowest BCUT2D eigenvalue weighted by Gasteiger charge is -2.23. The van der Waals surface area contributed by atoms with Crippen LogP contribution in [0.15, 0.2) is 16.9 Å². The molecule has 0 spiro atoms. The summed E-state index contributed by atoms with van der Waals surface area (Å²) in [5.41, 5.74) is 6.86. The van der Waals surface area contributed by atoms with Gasteiger partial charge < -0.3 is 10.3 Å². The van der Waals surface area contributed by atoms with Gasteiger partial charge in [0.15, 0.2) is 0 Å². The summed E-state index contributed by atoms with van der Waals surface area (Å²) >= 11 is 0. The second-order valence-electron chi connectivity index (χ2n) is 4.98. The van der Waals surface area contributed by atoms with Crippen molar-refractivity contribution in [1.29, 1.82) is 0 Å². The molecule has 1 aliphatic rings. The molecule has 0 bridgehead atoms. The maximum Gasteiger partial charge on any atom is 0.230 e. The lowest BCUT2D eigenvalue weighted by molar-refractivity contribution is 0.299. The average molecular weight is 247 g/mol. The van der Waals surface area contributed by atoms with E-state index in [2.05, 4.69) is 15.2 Å². The number of aromatic nitrogens is 4. The molecule has 2 aromatic heterocycles. The molecule has 2 N–H and O–H groups in total. The Morgan fingerprint density at radius 2 is 2.33 bits per heavy atom. The minimum Gasteiger partial charge on any atom is -0.339 e. The van der Waals surface area contributed by atoms with Crippen LogP contribution >= 0.6 is 0 Å². The minimum atomic E-state index is 0.262. The van der Waals surface area contributed by atoms with Gasteiger partial charge in [-0.2, -0.15) is 10.1 Å². The van der Waals surface area contributed by atoms with Gasteiger partial charge in [-0.1, -0.05) is 11.6 Å². The molecule has 2 unspecified atom stereocenters. The first-order valence-corrected chi connectivity index (χ1v) is 6.30. The van der Waals surface area contributed by atoms with Crippen LogP contribution in [0.1, 0.15) is 37.5 Å². The van der Waals surface area contributed by atoms with Gasteiger partial charge in [-0.3, -0.25) is 4.68 Å². The van der Waals surface area contributed by atoms with Crippen molar-refractivity contribution in [2.24, 2.45) is 12.8 Å². The van der Waals surface area contributed by atoms with Gasteiger partial charge in [0, 0.05) is 25.2 Å². The van der Waals surface area contributed by atoms with Crippen molar-refractivity contribution < 1.29 is 4.52 Å². The zero-order valence-electron chi connectivity index (χ0n) is 10.4. The highest BCUT2D eigenvalue weighted by molar-refractivity contribution is 5.51. The number of nitrogens with two attached hydrogens (primary N) is 1. The van der Waals surface area contributed by atoms with E-state index in [1.165, 1.54) is 0 Å². The molecular weight excluding hydrogens is 230 g/mol. The van der Waals surface area contributed by atoms with Gasteiger partial charge in [0.05, 0.1) is 11.8 Å². The molecule has 0 amide bonds. The van der Waals surface area contributed by atoms with Crippen LogP contribution in [0.4, 0.5) is 0 Å². The first kappa shape index (κ1) is 11.4. The van der Waals surface area contributed by atoms with Crippen LogP contribution in [-0.4, -0.2) is 26.0 Å². The highest BCUT2D eigenvalue weighted by Gasteiger charge is 2.25. The SMILES string of the molecule is Cn1cc(-c2noc(C3CCCC(N)C3)n2)cn1. The highest BCUT2D eigenvalue weighted by Crippen LogP contribution is 2.32. The van der Waals surface area contributed by atoms with Gasteiger partial charge in [-0.15, -0.1) is 0 Å². The van der Waals surface area contributed by atoms with E-state index in [1.54, 1.807) is 10.9 Å². The summed E-state index contributed by atoms with van der Waals surface area (Å²) in [6.07, 6.45) is 7.87. The first-order valence-electron chi connectivity index (χ1n) is 6.30. The Hall–Kier alpha value is -1.69. The average Bonchev–Trinajstić information content (AvgIpc) is 2.97. The van der Waals surface area contributed by atoms with Crippen molar-refractivity contribution in [2.45, 2.75) is 37.6 Å². The lowest BCUT2D eigenvalue weighted by atomic mass is 9.86. The number of hydrogen-bond acceptors (Lipinski definition) is 5. The molecule has 2 atom stereocenters. The molecule has 0 radical (unpaired) electrons. The Balaban J connectivity index is 1.80. The molecule has 2 aromatic rings. The minimum absolute atomic E-state index is 0.262. The Labute approximate surface area is 105 Å².